The van der Waals surface area contributed by atoms with Crippen LogP contribution in [0.4, 0.5) is 0 Å². The lowest BCUT2D eigenvalue weighted by molar-refractivity contribution is -0.132. The Morgan fingerprint density at radius 2 is 2.43 bits per heavy atom. The van der Waals surface area contributed by atoms with Crippen LogP contribution in [0.25, 0.3) is 0 Å². The molecule has 80 valence electrons. The predicted molar refractivity (Wildman–Crippen MR) is 59.8 cm³/mol. The van der Waals surface area contributed by atoms with Gasteiger partial charge in [0.15, 0.2) is 0 Å². The van der Waals surface area contributed by atoms with Gasteiger partial charge in [-0.25, -0.2) is 4.79 Å². The van der Waals surface area contributed by atoms with Crippen molar-refractivity contribution >= 4 is 17.7 Å². The quantitative estimate of drug-likeness (QED) is 0.724. The molecule has 0 spiro atoms. The summed E-state index contributed by atoms with van der Waals surface area (Å²) in [5, 5.41) is 8.69. The zero-order valence-corrected chi connectivity index (χ0v) is 9.51. The van der Waals surface area contributed by atoms with Crippen molar-refractivity contribution in [3.8, 4) is 0 Å². The first kappa shape index (κ1) is 11.6. The third-order valence-electron chi connectivity index (χ3n) is 2.47. The number of rotatable bonds is 3. The molecule has 0 aromatic rings. The van der Waals surface area contributed by atoms with Gasteiger partial charge in [0.05, 0.1) is 0 Å². The van der Waals surface area contributed by atoms with Crippen molar-refractivity contribution in [1.82, 2.24) is 4.90 Å². The van der Waals surface area contributed by atoms with Gasteiger partial charge in [-0.2, -0.15) is 11.8 Å². The van der Waals surface area contributed by atoms with Gasteiger partial charge in [-0.1, -0.05) is 6.08 Å². The van der Waals surface area contributed by atoms with E-state index in [4.69, 9.17) is 5.11 Å². The maximum Gasteiger partial charge on any atom is 0.330 e. The van der Waals surface area contributed by atoms with Crippen LogP contribution in [0.3, 0.4) is 0 Å². The first-order valence-electron chi connectivity index (χ1n) is 4.83. The molecule has 1 atom stereocenters. The Balaban J connectivity index is 2.43. The van der Waals surface area contributed by atoms with Gasteiger partial charge < -0.3 is 5.11 Å². The molecule has 1 N–H and O–H groups in total. The largest absolute Gasteiger partial charge is 0.478 e. The van der Waals surface area contributed by atoms with Gasteiger partial charge in [-0.3, -0.25) is 4.90 Å². The van der Waals surface area contributed by atoms with Gasteiger partial charge in [0.2, 0.25) is 0 Å². The van der Waals surface area contributed by atoms with E-state index in [2.05, 4.69) is 11.8 Å². The van der Waals surface area contributed by atoms with Crippen LogP contribution < -0.4 is 0 Å². The Morgan fingerprint density at radius 3 is 3.00 bits per heavy atom. The van der Waals surface area contributed by atoms with E-state index < -0.39 is 5.97 Å². The van der Waals surface area contributed by atoms with Gasteiger partial charge in [0.25, 0.3) is 0 Å². The fourth-order valence-electron chi connectivity index (χ4n) is 1.37. The van der Waals surface area contributed by atoms with E-state index in [1.165, 1.54) is 0 Å². The Kier molecular flexibility index (Phi) is 4.48. The molecule has 1 saturated heterocycles. The van der Waals surface area contributed by atoms with Crippen LogP contribution in [-0.2, 0) is 4.79 Å². The normalized spacial score (nSPS) is 25.0. The van der Waals surface area contributed by atoms with E-state index in [-0.39, 0.29) is 0 Å². The Bertz CT molecular complexity index is 240. The molecule has 1 unspecified atom stereocenters. The van der Waals surface area contributed by atoms with Crippen molar-refractivity contribution in [2.75, 3.05) is 24.6 Å². The van der Waals surface area contributed by atoms with Crippen molar-refractivity contribution in [1.29, 1.82) is 0 Å². The fourth-order valence-corrected chi connectivity index (χ4v) is 2.46. The van der Waals surface area contributed by atoms with Crippen molar-refractivity contribution < 1.29 is 9.90 Å². The highest BCUT2D eigenvalue weighted by molar-refractivity contribution is 7.99. The maximum absolute atomic E-state index is 10.6. The minimum atomic E-state index is -0.816. The van der Waals surface area contributed by atoms with Crippen LogP contribution in [0, 0.1) is 0 Å². The predicted octanol–water partition coefficient (Wildman–Crippen LogP) is 1.45. The number of nitrogens with zero attached hydrogens (tertiary/aromatic N) is 1. The number of carbonyl (C=O) groups is 1. The van der Waals surface area contributed by atoms with Crippen molar-refractivity contribution in [3.05, 3.63) is 11.6 Å². The van der Waals surface area contributed by atoms with Gasteiger partial charge in [-0.05, 0) is 13.8 Å². The molecule has 0 aromatic heterocycles. The molecule has 0 aliphatic carbocycles. The summed E-state index contributed by atoms with van der Waals surface area (Å²) in [6, 6.07) is 0.562. The number of thioether (sulfide) groups is 1. The molecule has 0 bridgehead atoms. The molecule has 1 rings (SSSR count). The van der Waals surface area contributed by atoms with E-state index in [1.807, 2.05) is 11.8 Å². The van der Waals surface area contributed by atoms with Gasteiger partial charge >= 0.3 is 5.97 Å². The molecule has 1 fully saturated rings. The van der Waals surface area contributed by atoms with E-state index in [9.17, 15) is 4.79 Å². The van der Waals surface area contributed by atoms with Crippen LogP contribution in [0.2, 0.25) is 0 Å². The second kappa shape index (κ2) is 5.41. The molecule has 0 amide bonds. The number of hydrogen-bond acceptors (Lipinski definition) is 3. The smallest absolute Gasteiger partial charge is 0.330 e. The monoisotopic (exact) mass is 215 g/mol. The van der Waals surface area contributed by atoms with Crippen molar-refractivity contribution in [2.45, 2.75) is 19.9 Å². The maximum atomic E-state index is 10.6. The van der Waals surface area contributed by atoms with E-state index in [0.717, 1.165) is 24.6 Å². The molecule has 0 aromatic carbocycles. The van der Waals surface area contributed by atoms with Gasteiger partial charge in [0, 0.05) is 36.2 Å². The second-order valence-electron chi connectivity index (χ2n) is 3.61. The van der Waals surface area contributed by atoms with Crippen LogP contribution in [0.15, 0.2) is 11.6 Å². The zero-order chi connectivity index (χ0) is 10.6. The molecule has 1 aliphatic rings. The number of carboxylic acid groups (broad SMARTS) is 1. The summed E-state index contributed by atoms with van der Waals surface area (Å²) in [5.41, 5.74) is 0.440. The van der Waals surface area contributed by atoms with E-state index in [1.54, 1.807) is 13.0 Å². The summed E-state index contributed by atoms with van der Waals surface area (Å²) in [6.07, 6.45) is 1.80. The Hall–Kier alpha value is -0.480. The summed E-state index contributed by atoms with van der Waals surface area (Å²) in [4.78, 5) is 12.9. The van der Waals surface area contributed by atoms with Crippen LogP contribution in [-0.4, -0.2) is 46.6 Å². The zero-order valence-electron chi connectivity index (χ0n) is 8.69. The van der Waals surface area contributed by atoms with Crippen LogP contribution in [0.1, 0.15) is 13.8 Å². The molecule has 1 aliphatic heterocycles. The third kappa shape index (κ3) is 3.35. The highest BCUT2D eigenvalue weighted by Crippen LogP contribution is 2.15. The van der Waals surface area contributed by atoms with E-state index in [0.29, 0.717) is 11.6 Å². The average molecular weight is 215 g/mol. The summed E-state index contributed by atoms with van der Waals surface area (Å²) < 4.78 is 0. The molecular formula is C10H17NO2S. The lowest BCUT2D eigenvalue weighted by Gasteiger charge is -2.31. The number of hydrogen-bond donors (Lipinski definition) is 1. The number of carboxylic acids is 1. The second-order valence-corrected chi connectivity index (χ2v) is 4.76. The van der Waals surface area contributed by atoms with Crippen molar-refractivity contribution in [2.24, 2.45) is 0 Å². The van der Waals surface area contributed by atoms with Crippen LogP contribution >= 0.6 is 11.8 Å². The molecule has 3 nitrogen and oxygen atoms in total. The summed E-state index contributed by atoms with van der Waals surface area (Å²) in [5.74, 6) is 1.49. The molecule has 14 heavy (non-hydrogen) atoms. The third-order valence-corrected chi connectivity index (χ3v) is 3.66. The molecular weight excluding hydrogens is 198 g/mol. The number of aliphatic carboxylic acids is 1. The van der Waals surface area contributed by atoms with Crippen LogP contribution in [0.5, 0.6) is 0 Å². The Morgan fingerprint density at radius 1 is 1.71 bits per heavy atom. The first-order chi connectivity index (χ1) is 6.61. The molecule has 1 heterocycles. The van der Waals surface area contributed by atoms with Crippen molar-refractivity contribution in [3.63, 3.8) is 0 Å². The molecule has 0 radical (unpaired) electrons. The minimum absolute atomic E-state index is 0.440. The SMILES string of the molecule is CC(=CCN1CCSCC1C)C(=O)O. The summed E-state index contributed by atoms with van der Waals surface area (Å²) in [7, 11) is 0. The first-order valence-corrected chi connectivity index (χ1v) is 5.98. The molecule has 4 heteroatoms. The standard InChI is InChI=1S/C10H17NO2S/c1-8(10(12)13)3-4-11-5-6-14-7-9(11)2/h3,9H,4-7H2,1-2H3,(H,12,13). The topological polar surface area (TPSA) is 40.5 Å². The fraction of sp³-hybridized carbons (Fsp3) is 0.700. The lowest BCUT2D eigenvalue weighted by atomic mass is 10.2. The average Bonchev–Trinajstić information content (AvgIpc) is 2.16. The highest BCUT2D eigenvalue weighted by atomic mass is 32.2. The minimum Gasteiger partial charge on any atom is -0.478 e. The Labute approximate surface area is 89.2 Å². The van der Waals surface area contributed by atoms with Gasteiger partial charge in [0.1, 0.15) is 0 Å². The summed E-state index contributed by atoms with van der Waals surface area (Å²) in [6.45, 7) is 5.66. The van der Waals surface area contributed by atoms with Gasteiger partial charge in [-0.15, -0.1) is 0 Å². The van der Waals surface area contributed by atoms with E-state index >= 15 is 0 Å². The summed E-state index contributed by atoms with van der Waals surface area (Å²) >= 11 is 1.97. The lowest BCUT2D eigenvalue weighted by Crippen LogP contribution is -2.40. The molecule has 0 saturated carbocycles. The highest BCUT2D eigenvalue weighted by Gasteiger charge is 2.17.